The topological polar surface area (TPSA) is 53.1 Å². The highest BCUT2D eigenvalue weighted by Gasteiger charge is 2.46. The van der Waals surface area contributed by atoms with Gasteiger partial charge in [0.05, 0.1) is 7.11 Å². The lowest BCUT2D eigenvalue weighted by Crippen LogP contribution is -2.48. The average Bonchev–Trinajstić information content (AvgIpc) is 3.91. The summed E-state index contributed by atoms with van der Waals surface area (Å²) in [6.45, 7) is 4.19. The van der Waals surface area contributed by atoms with Gasteiger partial charge < -0.3 is 19.4 Å². The normalized spacial score (nSPS) is 24.2. The summed E-state index contributed by atoms with van der Waals surface area (Å²) < 4.78 is 5.28. The summed E-state index contributed by atoms with van der Waals surface area (Å²) in [5.74, 6) is 3.18. The summed E-state index contributed by atoms with van der Waals surface area (Å²) in [5, 5.41) is 0. The molecule has 2 heterocycles. The van der Waals surface area contributed by atoms with Crippen LogP contribution in [0.1, 0.15) is 62.0 Å². The van der Waals surface area contributed by atoms with Crippen molar-refractivity contribution in [3.63, 3.8) is 0 Å². The van der Waals surface area contributed by atoms with Crippen molar-refractivity contribution >= 4 is 11.9 Å². The molecular weight excluding hydrogens is 474 g/mol. The van der Waals surface area contributed by atoms with Crippen LogP contribution in [0.15, 0.2) is 54.6 Å². The number of carbonyl (C=O) groups is 2. The molecule has 6 heteroatoms. The molecule has 0 aromatic heterocycles. The number of likely N-dealkylation sites (tertiary alicyclic amines) is 2. The smallest absolute Gasteiger partial charge is 0.320 e. The molecule has 202 valence electrons. The molecule has 4 aliphatic rings. The van der Waals surface area contributed by atoms with Crippen LogP contribution in [0.3, 0.4) is 0 Å². The molecule has 2 aromatic rings. The molecule has 4 fully saturated rings. The highest BCUT2D eigenvalue weighted by Crippen LogP contribution is 2.49. The van der Waals surface area contributed by atoms with Crippen LogP contribution >= 0.6 is 0 Å². The Labute approximate surface area is 226 Å². The van der Waals surface area contributed by atoms with Crippen molar-refractivity contribution in [2.45, 2.75) is 63.5 Å². The van der Waals surface area contributed by atoms with Crippen LogP contribution < -0.4 is 4.74 Å². The molecule has 2 atom stereocenters. The van der Waals surface area contributed by atoms with Gasteiger partial charge in [-0.25, -0.2) is 4.79 Å². The fourth-order valence-corrected chi connectivity index (χ4v) is 6.77. The van der Waals surface area contributed by atoms with Crippen molar-refractivity contribution in [2.24, 2.45) is 17.8 Å². The molecule has 6 nitrogen and oxygen atoms in total. The van der Waals surface area contributed by atoms with Gasteiger partial charge in [0.2, 0.25) is 5.91 Å². The van der Waals surface area contributed by atoms with Gasteiger partial charge in [-0.1, -0.05) is 42.5 Å². The van der Waals surface area contributed by atoms with E-state index in [0.29, 0.717) is 36.2 Å². The number of benzene rings is 2. The lowest BCUT2D eigenvalue weighted by molar-refractivity contribution is -0.134. The van der Waals surface area contributed by atoms with E-state index in [-0.39, 0.29) is 11.9 Å². The number of rotatable bonds is 7. The number of hydrogen-bond acceptors (Lipinski definition) is 3. The molecule has 2 aliphatic heterocycles. The van der Waals surface area contributed by atoms with Gasteiger partial charge in [-0.3, -0.25) is 4.79 Å². The minimum atomic E-state index is 0.190. The first-order valence-corrected chi connectivity index (χ1v) is 14.6. The average molecular weight is 516 g/mol. The zero-order valence-electron chi connectivity index (χ0n) is 22.6. The second kappa shape index (κ2) is 11.0. The molecule has 0 radical (unpaired) electrons. The Morgan fingerprint density at radius 3 is 2.00 bits per heavy atom. The molecule has 6 rings (SSSR count). The van der Waals surface area contributed by atoms with Gasteiger partial charge in [-0.15, -0.1) is 0 Å². The Hall–Kier alpha value is -3.02. The maximum absolute atomic E-state index is 13.5. The van der Waals surface area contributed by atoms with Crippen LogP contribution in [-0.4, -0.2) is 66.0 Å². The van der Waals surface area contributed by atoms with Gasteiger partial charge >= 0.3 is 6.03 Å². The van der Waals surface area contributed by atoms with Crippen LogP contribution in [0.2, 0.25) is 0 Å². The number of carbonyl (C=O) groups excluding carboxylic acids is 2. The van der Waals surface area contributed by atoms with Gasteiger partial charge in [0.15, 0.2) is 0 Å². The number of urea groups is 1. The minimum absolute atomic E-state index is 0.190. The predicted molar refractivity (Wildman–Crippen MR) is 148 cm³/mol. The molecular formula is C32H41N3O3. The van der Waals surface area contributed by atoms with Gasteiger partial charge in [0.1, 0.15) is 5.75 Å². The largest absolute Gasteiger partial charge is 0.497 e. The van der Waals surface area contributed by atoms with E-state index in [9.17, 15) is 9.59 Å². The van der Waals surface area contributed by atoms with Gasteiger partial charge in [0, 0.05) is 44.7 Å². The van der Waals surface area contributed by atoms with Crippen LogP contribution in [0.25, 0.3) is 0 Å². The number of piperidine rings is 2. The Morgan fingerprint density at radius 1 is 0.816 bits per heavy atom. The summed E-state index contributed by atoms with van der Waals surface area (Å²) in [5.41, 5.74) is 2.47. The number of hydrogen-bond donors (Lipinski definition) is 0. The first kappa shape index (κ1) is 25.3. The summed E-state index contributed by atoms with van der Waals surface area (Å²) >= 11 is 0. The molecule has 2 aliphatic carbocycles. The molecule has 2 unspecified atom stereocenters. The second-order valence-corrected chi connectivity index (χ2v) is 11.8. The number of methoxy groups -OCH3 is 1. The van der Waals surface area contributed by atoms with E-state index in [4.69, 9.17) is 4.74 Å². The molecule has 2 saturated carbocycles. The maximum Gasteiger partial charge on any atom is 0.320 e. The van der Waals surface area contributed by atoms with E-state index in [2.05, 4.69) is 51.1 Å². The monoisotopic (exact) mass is 515 g/mol. The SMILES string of the molecule is COc1ccc(CN(C(=O)N2CCC(C3CCN(C(=O)C4CC4c4ccccc4)CC3)CC2)C2CC2)cc1. The third kappa shape index (κ3) is 5.55. The number of amides is 3. The van der Waals surface area contributed by atoms with Crippen LogP contribution in [0.5, 0.6) is 5.75 Å². The highest BCUT2D eigenvalue weighted by atomic mass is 16.5. The lowest BCUT2D eigenvalue weighted by atomic mass is 9.78. The van der Waals surface area contributed by atoms with E-state index in [1.54, 1.807) is 7.11 Å². The summed E-state index contributed by atoms with van der Waals surface area (Å²) in [7, 11) is 1.68. The maximum atomic E-state index is 13.5. The molecule has 38 heavy (non-hydrogen) atoms. The fourth-order valence-electron chi connectivity index (χ4n) is 6.77. The summed E-state index contributed by atoms with van der Waals surface area (Å²) in [6, 6.07) is 19.2. The van der Waals surface area contributed by atoms with Crippen LogP contribution in [0.4, 0.5) is 4.79 Å². The van der Waals surface area contributed by atoms with Gasteiger partial charge in [-0.2, -0.15) is 0 Å². The van der Waals surface area contributed by atoms with Crippen molar-refractivity contribution in [3.05, 3.63) is 65.7 Å². The third-order valence-corrected chi connectivity index (χ3v) is 9.41. The summed E-state index contributed by atoms with van der Waals surface area (Å²) in [4.78, 5) is 32.9. The molecule has 2 aromatic carbocycles. The Balaban J connectivity index is 0.962. The molecule has 0 spiro atoms. The van der Waals surface area contributed by atoms with E-state index >= 15 is 0 Å². The lowest BCUT2D eigenvalue weighted by Gasteiger charge is -2.41. The standard InChI is InChI=1S/C32H41N3O3/c1-38-28-11-7-23(8-12-28)22-35(27-9-10-27)32(37)34-19-15-25(16-20-34)24-13-17-33(18-14-24)31(36)30-21-29(30)26-5-3-2-4-6-26/h2-8,11-12,24-25,27,29-30H,9-10,13-22H2,1H3. The van der Waals surface area contributed by atoms with Crippen LogP contribution in [-0.2, 0) is 11.3 Å². The van der Waals surface area contributed by atoms with Crippen molar-refractivity contribution in [1.29, 1.82) is 0 Å². The highest BCUT2D eigenvalue weighted by molar-refractivity contribution is 5.83. The van der Waals surface area contributed by atoms with Crippen LogP contribution in [0, 0.1) is 17.8 Å². The first-order valence-electron chi connectivity index (χ1n) is 14.6. The summed E-state index contributed by atoms with van der Waals surface area (Å²) in [6.07, 6.45) is 7.63. The van der Waals surface area contributed by atoms with Gasteiger partial charge in [-0.05, 0) is 86.0 Å². The van der Waals surface area contributed by atoms with E-state index < -0.39 is 0 Å². The Morgan fingerprint density at radius 2 is 1.42 bits per heavy atom. The van der Waals surface area contributed by atoms with E-state index in [0.717, 1.165) is 82.4 Å². The number of nitrogens with zero attached hydrogens (tertiary/aromatic N) is 3. The molecule has 2 saturated heterocycles. The third-order valence-electron chi connectivity index (χ3n) is 9.41. The Kier molecular flexibility index (Phi) is 7.31. The molecule has 3 amide bonds. The fraction of sp³-hybridized carbons (Fsp3) is 0.562. The minimum Gasteiger partial charge on any atom is -0.497 e. The molecule has 0 bridgehead atoms. The van der Waals surface area contributed by atoms with Crippen molar-refractivity contribution in [2.75, 3.05) is 33.3 Å². The quantitative estimate of drug-likeness (QED) is 0.487. The zero-order valence-corrected chi connectivity index (χ0v) is 22.6. The van der Waals surface area contributed by atoms with Gasteiger partial charge in [0.25, 0.3) is 0 Å². The number of ether oxygens (including phenoxy) is 1. The molecule has 0 N–H and O–H groups in total. The van der Waals surface area contributed by atoms with E-state index in [1.165, 1.54) is 5.56 Å². The first-order chi connectivity index (χ1) is 18.6. The van der Waals surface area contributed by atoms with Crippen molar-refractivity contribution < 1.29 is 14.3 Å². The Bertz CT molecular complexity index is 1100. The predicted octanol–water partition coefficient (Wildman–Crippen LogP) is 5.53. The van der Waals surface area contributed by atoms with Crippen molar-refractivity contribution in [3.8, 4) is 5.75 Å². The zero-order chi connectivity index (χ0) is 26.1. The van der Waals surface area contributed by atoms with Crippen molar-refractivity contribution in [1.82, 2.24) is 14.7 Å². The second-order valence-electron chi connectivity index (χ2n) is 11.8. The van der Waals surface area contributed by atoms with E-state index in [1.807, 2.05) is 18.2 Å².